The van der Waals surface area contributed by atoms with Crippen LogP contribution in [0.15, 0.2) is 53.9 Å². The number of fused-ring (bicyclic) bond motifs is 1. The lowest BCUT2D eigenvalue weighted by atomic mass is 10.1. The Hall–Kier alpha value is -2.80. The summed E-state index contributed by atoms with van der Waals surface area (Å²) < 4.78 is 30.2. The Bertz CT molecular complexity index is 921. The van der Waals surface area contributed by atoms with E-state index in [1.807, 2.05) is 6.07 Å². The van der Waals surface area contributed by atoms with Gasteiger partial charge in [0.2, 0.25) is 0 Å². The van der Waals surface area contributed by atoms with Crippen molar-refractivity contribution in [2.75, 3.05) is 4.90 Å². The van der Waals surface area contributed by atoms with Gasteiger partial charge >= 0.3 is 0 Å². The number of hydrogen-bond donors (Lipinski definition) is 0. The molecule has 0 aliphatic carbocycles. The van der Waals surface area contributed by atoms with Gasteiger partial charge < -0.3 is 4.90 Å². The summed E-state index contributed by atoms with van der Waals surface area (Å²) in [7, 11) is 0. The van der Waals surface area contributed by atoms with Crippen LogP contribution >= 0.6 is 11.6 Å². The molecule has 0 amide bonds. The number of hydrogen-bond acceptors (Lipinski definition) is 4. The van der Waals surface area contributed by atoms with Gasteiger partial charge in [-0.05, 0) is 23.8 Å². The minimum atomic E-state index is -0.900. The Labute approximate surface area is 147 Å². The molecule has 0 saturated heterocycles. The summed E-state index contributed by atoms with van der Waals surface area (Å²) in [6.45, 7) is 0.315. The van der Waals surface area contributed by atoms with Crippen molar-refractivity contribution in [2.24, 2.45) is 4.99 Å². The highest BCUT2D eigenvalue weighted by Gasteiger charge is 2.32. The molecule has 0 bridgehead atoms. The number of anilines is 1. The van der Waals surface area contributed by atoms with Gasteiger partial charge in [-0.1, -0.05) is 23.7 Å². The van der Waals surface area contributed by atoms with Gasteiger partial charge in [0, 0.05) is 18.9 Å². The van der Waals surface area contributed by atoms with Crippen molar-refractivity contribution in [3.63, 3.8) is 0 Å². The first kappa shape index (κ1) is 15.7. The third kappa shape index (κ3) is 2.76. The quantitative estimate of drug-likeness (QED) is 0.714. The number of benzene rings is 1. The number of pyridine rings is 1. The second-order valence-corrected chi connectivity index (χ2v) is 5.93. The number of aromatic nitrogens is 3. The summed E-state index contributed by atoms with van der Waals surface area (Å²) >= 11 is 6.26. The van der Waals surface area contributed by atoms with Gasteiger partial charge in [0.1, 0.15) is 23.0 Å². The van der Waals surface area contributed by atoms with Crippen molar-refractivity contribution in [3.8, 4) is 0 Å². The Morgan fingerprint density at radius 1 is 1.08 bits per heavy atom. The SMILES string of the molecule is Fc1cccc(F)c1C1N=Cn2ncc(Cl)c2N1Cc1cccnc1. The van der Waals surface area contributed by atoms with Gasteiger partial charge in [0.15, 0.2) is 12.0 Å². The van der Waals surface area contributed by atoms with Crippen LogP contribution in [0.1, 0.15) is 17.3 Å². The molecule has 0 spiro atoms. The zero-order valence-electron chi connectivity index (χ0n) is 12.9. The lowest BCUT2D eigenvalue weighted by Crippen LogP contribution is -2.34. The van der Waals surface area contributed by atoms with E-state index in [4.69, 9.17) is 11.6 Å². The first-order valence-corrected chi connectivity index (χ1v) is 7.88. The molecule has 8 heteroatoms. The summed E-state index contributed by atoms with van der Waals surface area (Å²) in [5.74, 6) is -0.807. The fourth-order valence-electron chi connectivity index (χ4n) is 2.85. The van der Waals surface area contributed by atoms with E-state index in [1.165, 1.54) is 35.4 Å². The molecule has 1 aliphatic heterocycles. The molecule has 2 aromatic heterocycles. The molecule has 25 heavy (non-hydrogen) atoms. The normalized spacial score (nSPS) is 16.1. The maximum Gasteiger partial charge on any atom is 0.156 e. The summed E-state index contributed by atoms with van der Waals surface area (Å²) in [5.41, 5.74) is 0.719. The molecule has 3 heterocycles. The molecular formula is C17H12ClF2N5. The van der Waals surface area contributed by atoms with Gasteiger partial charge in [0.05, 0.1) is 11.8 Å². The molecule has 1 aliphatic rings. The van der Waals surface area contributed by atoms with Crippen LogP contribution in [0.2, 0.25) is 5.02 Å². The molecule has 0 N–H and O–H groups in total. The second-order valence-electron chi connectivity index (χ2n) is 5.52. The first-order chi connectivity index (χ1) is 12.1. The molecular weight excluding hydrogens is 348 g/mol. The monoisotopic (exact) mass is 359 g/mol. The fourth-order valence-corrected chi connectivity index (χ4v) is 3.09. The lowest BCUT2D eigenvalue weighted by Gasteiger charge is -2.34. The predicted molar refractivity (Wildman–Crippen MR) is 90.6 cm³/mol. The highest BCUT2D eigenvalue weighted by atomic mass is 35.5. The third-order valence-corrected chi connectivity index (χ3v) is 4.21. The van der Waals surface area contributed by atoms with Crippen LogP contribution in [-0.4, -0.2) is 21.1 Å². The number of rotatable bonds is 3. The minimum Gasteiger partial charge on any atom is -0.325 e. The third-order valence-electron chi connectivity index (χ3n) is 3.94. The highest BCUT2D eigenvalue weighted by molar-refractivity contribution is 6.33. The van der Waals surface area contributed by atoms with E-state index in [-0.39, 0.29) is 5.56 Å². The van der Waals surface area contributed by atoms with Gasteiger partial charge in [-0.3, -0.25) is 4.98 Å². The Morgan fingerprint density at radius 2 is 1.88 bits per heavy atom. The lowest BCUT2D eigenvalue weighted by molar-refractivity contribution is 0.504. The molecule has 0 saturated carbocycles. The Kier molecular flexibility index (Phi) is 3.93. The molecule has 126 valence electrons. The number of aliphatic imine (C=N–C) groups is 1. The maximum atomic E-state index is 14.3. The molecule has 1 atom stereocenters. The van der Waals surface area contributed by atoms with E-state index in [9.17, 15) is 8.78 Å². The zero-order chi connectivity index (χ0) is 17.4. The van der Waals surface area contributed by atoms with Crippen LogP contribution in [-0.2, 0) is 6.54 Å². The molecule has 0 fully saturated rings. The van der Waals surface area contributed by atoms with E-state index >= 15 is 0 Å². The Morgan fingerprint density at radius 3 is 2.60 bits per heavy atom. The smallest absolute Gasteiger partial charge is 0.156 e. The summed E-state index contributed by atoms with van der Waals surface area (Å²) in [6.07, 6.45) is 5.32. The molecule has 1 aromatic carbocycles. The zero-order valence-corrected chi connectivity index (χ0v) is 13.6. The van der Waals surface area contributed by atoms with E-state index in [0.717, 1.165) is 5.56 Å². The van der Waals surface area contributed by atoms with E-state index in [0.29, 0.717) is 17.4 Å². The van der Waals surface area contributed by atoms with Crippen LogP contribution < -0.4 is 4.90 Å². The van der Waals surface area contributed by atoms with Crippen molar-refractivity contribution in [1.29, 1.82) is 0 Å². The van der Waals surface area contributed by atoms with Crippen LogP contribution in [0.3, 0.4) is 0 Å². The van der Waals surface area contributed by atoms with E-state index < -0.39 is 17.8 Å². The van der Waals surface area contributed by atoms with Crippen molar-refractivity contribution < 1.29 is 8.78 Å². The van der Waals surface area contributed by atoms with Gasteiger partial charge in [0.25, 0.3) is 0 Å². The van der Waals surface area contributed by atoms with Crippen molar-refractivity contribution in [3.05, 3.63) is 76.7 Å². The summed E-state index contributed by atoms with van der Waals surface area (Å²) in [5, 5.41) is 4.48. The van der Waals surface area contributed by atoms with Crippen molar-refractivity contribution in [2.45, 2.75) is 12.7 Å². The van der Waals surface area contributed by atoms with Gasteiger partial charge in [-0.2, -0.15) is 5.10 Å². The molecule has 1 unspecified atom stereocenters. The first-order valence-electron chi connectivity index (χ1n) is 7.51. The largest absolute Gasteiger partial charge is 0.325 e. The Balaban J connectivity index is 1.84. The molecule has 3 aromatic rings. The predicted octanol–water partition coefficient (Wildman–Crippen LogP) is 3.81. The second kappa shape index (κ2) is 6.25. The van der Waals surface area contributed by atoms with Crippen LogP contribution in [0.5, 0.6) is 0 Å². The van der Waals surface area contributed by atoms with E-state index in [1.54, 1.807) is 23.4 Å². The van der Waals surface area contributed by atoms with Crippen LogP contribution in [0, 0.1) is 11.6 Å². The molecule has 4 rings (SSSR count). The summed E-state index contributed by atoms with van der Waals surface area (Å²) in [6, 6.07) is 7.41. The summed E-state index contributed by atoms with van der Waals surface area (Å²) in [4.78, 5) is 10.1. The fraction of sp³-hybridized carbons (Fsp3) is 0.118. The van der Waals surface area contributed by atoms with Crippen LogP contribution in [0.4, 0.5) is 14.6 Å². The van der Waals surface area contributed by atoms with Crippen LogP contribution in [0.25, 0.3) is 0 Å². The van der Waals surface area contributed by atoms with Gasteiger partial charge in [-0.25, -0.2) is 18.5 Å². The minimum absolute atomic E-state index is 0.133. The average molecular weight is 360 g/mol. The molecule has 5 nitrogen and oxygen atoms in total. The van der Waals surface area contributed by atoms with Crippen molar-refractivity contribution in [1.82, 2.24) is 14.8 Å². The standard InChI is InChI=1S/C17H12ClF2N5/c18-12-8-23-25-10-22-16(15-13(19)4-1-5-14(15)20)24(17(12)25)9-11-3-2-6-21-7-11/h1-8,10,16H,9H2. The topological polar surface area (TPSA) is 46.3 Å². The van der Waals surface area contributed by atoms with Crippen molar-refractivity contribution >= 4 is 23.8 Å². The van der Waals surface area contributed by atoms with E-state index in [2.05, 4.69) is 15.1 Å². The maximum absolute atomic E-state index is 14.3. The molecule has 0 radical (unpaired) electrons. The van der Waals surface area contributed by atoms with Gasteiger partial charge in [-0.15, -0.1) is 0 Å². The average Bonchev–Trinajstić information content (AvgIpc) is 2.99. The number of nitrogens with zero attached hydrogens (tertiary/aromatic N) is 5. The number of halogens is 3. The highest BCUT2D eigenvalue weighted by Crippen LogP contribution is 2.38.